The summed E-state index contributed by atoms with van der Waals surface area (Å²) in [5.74, 6) is 0. The molecule has 0 N–H and O–H groups in total. The molecule has 0 aromatic heterocycles. The van der Waals surface area contributed by atoms with Gasteiger partial charge in [0.15, 0.2) is 0 Å². The molecule has 0 atom stereocenters. The van der Waals surface area contributed by atoms with E-state index in [2.05, 4.69) is 12.6 Å². The smallest absolute Gasteiger partial charge is 0 e. The topological polar surface area (TPSA) is 17.1 Å². The molecular formula is CHFeOS-. The van der Waals surface area contributed by atoms with Crippen LogP contribution in [0.5, 0.6) is 0 Å². The van der Waals surface area contributed by atoms with Gasteiger partial charge in [-0.2, -0.15) is 0 Å². The molecule has 0 fully saturated rings. The van der Waals surface area contributed by atoms with Crippen LogP contribution in [0.15, 0.2) is 0 Å². The van der Waals surface area contributed by atoms with Crippen LogP contribution in [0.3, 0.4) is 0 Å². The Morgan fingerprint density at radius 1 is 1.75 bits per heavy atom. The zero-order chi connectivity index (χ0) is 2.71. The molecule has 0 spiro atoms. The van der Waals surface area contributed by atoms with Gasteiger partial charge in [-0.05, 0) is 0 Å². The minimum atomic E-state index is 0. The number of carbonyl (C=O) groups excluding carboxylic acids is 1. The molecule has 0 saturated carbocycles. The molecule has 0 aliphatic heterocycles. The summed E-state index contributed by atoms with van der Waals surface area (Å²) in [6, 6.07) is 0. The molecule has 0 heterocycles. The number of hydrogen-bond acceptors (Lipinski definition) is 1. The van der Waals surface area contributed by atoms with E-state index in [-0.39, 0.29) is 17.1 Å². The van der Waals surface area contributed by atoms with Crippen molar-refractivity contribution in [3.05, 3.63) is 0 Å². The molecule has 0 saturated heterocycles. The summed E-state index contributed by atoms with van der Waals surface area (Å²) < 4.78 is 0. The average molecular weight is 117 g/mol. The fourth-order valence-corrected chi connectivity index (χ4v) is 0. The van der Waals surface area contributed by atoms with Crippen LogP contribution in [0.2, 0.25) is 0 Å². The first kappa shape index (κ1) is 8.82. The van der Waals surface area contributed by atoms with Crippen molar-refractivity contribution in [2.45, 2.75) is 0 Å². The summed E-state index contributed by atoms with van der Waals surface area (Å²) in [7, 11) is 0. The van der Waals surface area contributed by atoms with Crippen molar-refractivity contribution in [1.29, 1.82) is 0 Å². The van der Waals surface area contributed by atoms with Crippen molar-refractivity contribution < 1.29 is 21.9 Å². The van der Waals surface area contributed by atoms with E-state index in [1.54, 1.807) is 0 Å². The standard InChI is InChI=1S/CHOS.Fe/c2-1-3;/h(H,2,3);/q-1;. The fraction of sp³-hybridized carbons (Fsp3) is 0. The van der Waals surface area contributed by atoms with E-state index in [9.17, 15) is 0 Å². The van der Waals surface area contributed by atoms with Gasteiger partial charge in [-0.15, -0.1) is 0 Å². The van der Waals surface area contributed by atoms with Crippen LogP contribution < -0.4 is 0 Å². The van der Waals surface area contributed by atoms with Crippen molar-refractivity contribution in [3.63, 3.8) is 0 Å². The number of rotatable bonds is 0. The van der Waals surface area contributed by atoms with Crippen molar-refractivity contribution in [1.82, 2.24) is 0 Å². The maximum atomic E-state index is 8.54. The molecule has 0 aliphatic carbocycles. The third kappa shape index (κ3) is 20.7. The van der Waals surface area contributed by atoms with E-state index < -0.39 is 0 Å². The SMILES string of the molecule is O=[C-]S.[Fe]. The van der Waals surface area contributed by atoms with Crippen LogP contribution in [0, 0.1) is 0 Å². The van der Waals surface area contributed by atoms with Gasteiger partial charge in [-0.3, -0.25) is 0 Å². The molecule has 0 rings (SSSR count). The monoisotopic (exact) mass is 117 g/mol. The Balaban J connectivity index is 0. The third-order valence-corrected chi connectivity index (χ3v) is 0. The second kappa shape index (κ2) is 9.63. The van der Waals surface area contributed by atoms with Crippen LogP contribution >= 0.6 is 12.6 Å². The van der Waals surface area contributed by atoms with E-state index in [0.717, 1.165) is 0 Å². The molecule has 1 nitrogen and oxygen atoms in total. The molecule has 0 amide bonds. The van der Waals surface area contributed by atoms with Crippen molar-refractivity contribution in [3.8, 4) is 0 Å². The first-order chi connectivity index (χ1) is 1.41. The van der Waals surface area contributed by atoms with Crippen LogP contribution in [0.4, 0.5) is 0 Å². The molecule has 0 bridgehead atoms. The Morgan fingerprint density at radius 2 is 1.75 bits per heavy atom. The number of hydrogen-bond donors (Lipinski definition) is 1. The van der Waals surface area contributed by atoms with Gasteiger partial charge in [0.05, 0.1) is 0 Å². The fourth-order valence-electron chi connectivity index (χ4n) is 0. The summed E-state index contributed by atoms with van der Waals surface area (Å²) in [4.78, 5) is 8.54. The Morgan fingerprint density at radius 3 is 1.75 bits per heavy atom. The Kier molecular flexibility index (Phi) is 21.2. The van der Waals surface area contributed by atoms with Gasteiger partial charge in [-0.25, -0.2) is 5.62 Å². The average Bonchev–Trinajstić information content (AvgIpc) is 0.918. The van der Waals surface area contributed by atoms with E-state index >= 15 is 0 Å². The van der Waals surface area contributed by atoms with Crippen molar-refractivity contribution in [2.75, 3.05) is 0 Å². The van der Waals surface area contributed by atoms with Crippen LogP contribution in [0.25, 0.3) is 0 Å². The van der Waals surface area contributed by atoms with Crippen LogP contribution in [0.1, 0.15) is 0 Å². The molecule has 0 radical (unpaired) electrons. The zero-order valence-corrected chi connectivity index (χ0v) is 3.71. The van der Waals surface area contributed by atoms with Gasteiger partial charge in [0.25, 0.3) is 0 Å². The van der Waals surface area contributed by atoms with Crippen molar-refractivity contribution >= 4 is 18.2 Å². The van der Waals surface area contributed by atoms with Gasteiger partial charge < -0.3 is 17.4 Å². The summed E-state index contributed by atoms with van der Waals surface area (Å²) in [6.07, 6.45) is 0. The van der Waals surface area contributed by atoms with E-state index in [4.69, 9.17) is 4.79 Å². The first-order valence-electron chi connectivity index (χ1n) is 0.428. The van der Waals surface area contributed by atoms with Gasteiger partial charge in [-0.1, -0.05) is 0 Å². The quantitative estimate of drug-likeness (QED) is 0.268. The third-order valence-electron chi connectivity index (χ3n) is 0. The Labute approximate surface area is 40.7 Å². The molecule has 0 aromatic carbocycles. The molecule has 0 aliphatic rings. The van der Waals surface area contributed by atoms with Crippen molar-refractivity contribution in [2.24, 2.45) is 0 Å². The van der Waals surface area contributed by atoms with Crippen LogP contribution in [-0.2, 0) is 21.9 Å². The largest absolute Gasteiger partial charge is 0.531 e. The summed E-state index contributed by atoms with van der Waals surface area (Å²) in [5, 5.41) is 0. The predicted octanol–water partition coefficient (Wildman–Crippen LogP) is -0.0191. The summed E-state index contributed by atoms with van der Waals surface area (Å²) >= 11 is 2.98. The van der Waals surface area contributed by atoms with E-state index in [1.807, 2.05) is 0 Å². The minimum absolute atomic E-state index is 0. The van der Waals surface area contributed by atoms with E-state index in [0.29, 0.717) is 0 Å². The van der Waals surface area contributed by atoms with Gasteiger partial charge in [0, 0.05) is 17.1 Å². The second-order valence-corrected chi connectivity index (χ2v) is 0.274. The number of thiol groups is 1. The molecular weight excluding hydrogens is 116 g/mol. The molecule has 4 heavy (non-hydrogen) atoms. The van der Waals surface area contributed by atoms with Gasteiger partial charge in [0.2, 0.25) is 0 Å². The molecule has 0 aromatic rings. The minimum Gasteiger partial charge on any atom is -0.531 e. The second-order valence-electron chi connectivity index (χ2n) is 0.0913. The molecule has 0 unspecified atom stereocenters. The summed E-state index contributed by atoms with van der Waals surface area (Å²) in [6.45, 7) is 0. The van der Waals surface area contributed by atoms with Crippen LogP contribution in [-0.4, -0.2) is 5.62 Å². The Bertz CT molecular complexity index is 15.5. The predicted molar refractivity (Wildman–Crippen MR) is 14.7 cm³/mol. The zero-order valence-electron chi connectivity index (χ0n) is 1.71. The maximum Gasteiger partial charge on any atom is 0 e. The Hall–Kier alpha value is 0.539. The van der Waals surface area contributed by atoms with Gasteiger partial charge >= 0.3 is 0 Å². The molecule has 3 heteroatoms. The van der Waals surface area contributed by atoms with Gasteiger partial charge in [0.1, 0.15) is 0 Å². The first-order valence-corrected chi connectivity index (χ1v) is 0.875. The van der Waals surface area contributed by atoms with E-state index in [1.165, 1.54) is 5.62 Å². The normalized spacial score (nSPS) is 3.25. The maximum absolute atomic E-state index is 8.54. The summed E-state index contributed by atoms with van der Waals surface area (Å²) in [5.41, 5.74) is 1.19. The molecule has 26 valence electrons.